The lowest BCUT2D eigenvalue weighted by Gasteiger charge is -2.26. The Balaban J connectivity index is 1.60. The van der Waals surface area contributed by atoms with Gasteiger partial charge in [-0.1, -0.05) is 18.2 Å². The molecule has 0 bridgehead atoms. The Kier molecular flexibility index (Phi) is 5.77. The van der Waals surface area contributed by atoms with Gasteiger partial charge in [-0.25, -0.2) is 8.78 Å². The van der Waals surface area contributed by atoms with E-state index >= 15 is 0 Å². The van der Waals surface area contributed by atoms with E-state index in [2.05, 4.69) is 4.90 Å². The van der Waals surface area contributed by atoms with Crippen LogP contribution in [0.5, 0.6) is 11.5 Å². The summed E-state index contributed by atoms with van der Waals surface area (Å²) in [7, 11) is 0. The third-order valence-electron chi connectivity index (χ3n) is 4.12. The second-order valence-corrected chi connectivity index (χ2v) is 5.84. The van der Waals surface area contributed by atoms with Crippen molar-refractivity contribution in [2.24, 2.45) is 0 Å². The van der Waals surface area contributed by atoms with Crippen molar-refractivity contribution in [2.45, 2.75) is 12.8 Å². The van der Waals surface area contributed by atoms with E-state index < -0.39 is 11.6 Å². The van der Waals surface area contributed by atoms with Gasteiger partial charge < -0.3 is 9.47 Å². The van der Waals surface area contributed by atoms with E-state index in [1.165, 1.54) is 6.07 Å². The number of nitrogens with zero attached hydrogens (tertiary/aromatic N) is 1. The molecule has 1 aliphatic heterocycles. The highest BCUT2D eigenvalue weighted by Gasteiger charge is 2.11. The van der Waals surface area contributed by atoms with E-state index in [1.807, 2.05) is 24.3 Å². The predicted octanol–water partition coefficient (Wildman–Crippen LogP) is 4.02. The molecule has 0 saturated carbocycles. The first kappa shape index (κ1) is 16.9. The van der Waals surface area contributed by atoms with Crippen LogP contribution in [-0.4, -0.2) is 37.7 Å². The van der Waals surface area contributed by atoms with E-state index in [4.69, 9.17) is 9.47 Å². The summed E-state index contributed by atoms with van der Waals surface area (Å²) in [4.78, 5) is 2.39. The van der Waals surface area contributed by atoms with Crippen molar-refractivity contribution in [3.05, 3.63) is 59.7 Å². The molecular weight excluding hydrogens is 312 g/mol. The molecule has 5 heteroatoms. The third-order valence-corrected chi connectivity index (χ3v) is 4.12. The summed E-state index contributed by atoms with van der Waals surface area (Å²) in [6.45, 7) is 4.58. The highest BCUT2D eigenvalue weighted by molar-refractivity contribution is 5.38. The van der Waals surface area contributed by atoms with Crippen LogP contribution in [0.1, 0.15) is 12.0 Å². The lowest BCUT2D eigenvalue weighted by atomic mass is 10.1. The Labute approximate surface area is 140 Å². The maximum atomic E-state index is 13.3. The fraction of sp³-hybridized carbons (Fsp3) is 0.368. The number of morpholine rings is 1. The SMILES string of the molecule is Fc1ccc(Oc2ccccc2CCCN2CCOCC2)cc1F. The van der Waals surface area contributed by atoms with Gasteiger partial charge in [-0.15, -0.1) is 0 Å². The standard InChI is InChI=1S/C19H21F2NO2/c20-17-8-7-16(14-18(17)21)24-19-6-2-1-4-15(19)5-3-9-22-10-12-23-13-11-22/h1-2,4,6-8,14H,3,5,9-13H2. The van der Waals surface area contributed by atoms with Crippen molar-refractivity contribution in [1.29, 1.82) is 0 Å². The molecular formula is C19H21F2NO2. The quantitative estimate of drug-likeness (QED) is 0.797. The zero-order chi connectivity index (χ0) is 16.8. The second kappa shape index (κ2) is 8.22. The molecule has 0 unspecified atom stereocenters. The minimum Gasteiger partial charge on any atom is -0.457 e. The minimum atomic E-state index is -0.905. The largest absolute Gasteiger partial charge is 0.457 e. The summed E-state index contributed by atoms with van der Waals surface area (Å²) in [5.41, 5.74) is 1.07. The average molecular weight is 333 g/mol. The Morgan fingerprint density at radius 1 is 1.00 bits per heavy atom. The molecule has 1 aliphatic rings. The Morgan fingerprint density at radius 2 is 1.79 bits per heavy atom. The number of hydrogen-bond donors (Lipinski definition) is 0. The molecule has 0 atom stereocenters. The van der Waals surface area contributed by atoms with Crippen molar-refractivity contribution in [1.82, 2.24) is 4.90 Å². The highest BCUT2D eigenvalue weighted by atomic mass is 19.2. The van der Waals surface area contributed by atoms with Gasteiger partial charge in [-0.3, -0.25) is 4.90 Å². The monoisotopic (exact) mass is 333 g/mol. The number of aryl methyl sites for hydroxylation is 1. The van der Waals surface area contributed by atoms with Crippen LogP contribution in [0.2, 0.25) is 0 Å². The molecule has 1 heterocycles. The Hall–Kier alpha value is -1.98. The molecule has 0 N–H and O–H groups in total. The second-order valence-electron chi connectivity index (χ2n) is 5.84. The third kappa shape index (κ3) is 4.52. The Morgan fingerprint density at radius 3 is 2.58 bits per heavy atom. The van der Waals surface area contributed by atoms with Crippen LogP contribution in [0.15, 0.2) is 42.5 Å². The number of benzene rings is 2. The zero-order valence-corrected chi connectivity index (χ0v) is 13.5. The number of ether oxygens (including phenoxy) is 2. The van der Waals surface area contributed by atoms with Gasteiger partial charge in [0.2, 0.25) is 0 Å². The maximum Gasteiger partial charge on any atom is 0.162 e. The fourth-order valence-corrected chi connectivity index (χ4v) is 2.80. The van der Waals surface area contributed by atoms with Crippen LogP contribution in [0.3, 0.4) is 0 Å². The molecule has 1 fully saturated rings. The minimum absolute atomic E-state index is 0.300. The molecule has 24 heavy (non-hydrogen) atoms. The number of para-hydroxylation sites is 1. The molecule has 128 valence electrons. The lowest BCUT2D eigenvalue weighted by molar-refractivity contribution is 0.0374. The first-order valence-corrected chi connectivity index (χ1v) is 8.23. The van der Waals surface area contributed by atoms with Gasteiger partial charge in [0.1, 0.15) is 11.5 Å². The summed E-state index contributed by atoms with van der Waals surface area (Å²) in [6.07, 6.45) is 1.88. The molecule has 3 rings (SSSR count). The molecule has 3 nitrogen and oxygen atoms in total. The Bertz CT molecular complexity index is 672. The topological polar surface area (TPSA) is 21.7 Å². The van der Waals surface area contributed by atoms with Crippen molar-refractivity contribution in [3.63, 3.8) is 0 Å². The van der Waals surface area contributed by atoms with Crippen LogP contribution in [0.4, 0.5) is 8.78 Å². The van der Waals surface area contributed by atoms with E-state index in [-0.39, 0.29) is 0 Å². The molecule has 2 aromatic rings. The van der Waals surface area contributed by atoms with Crippen molar-refractivity contribution in [2.75, 3.05) is 32.8 Å². The maximum absolute atomic E-state index is 13.3. The smallest absolute Gasteiger partial charge is 0.162 e. The first-order valence-electron chi connectivity index (χ1n) is 8.23. The van der Waals surface area contributed by atoms with Crippen LogP contribution in [0, 0.1) is 11.6 Å². The zero-order valence-electron chi connectivity index (χ0n) is 13.5. The fourth-order valence-electron chi connectivity index (χ4n) is 2.80. The summed E-state index contributed by atoms with van der Waals surface area (Å²) >= 11 is 0. The van der Waals surface area contributed by atoms with Gasteiger partial charge in [-0.2, -0.15) is 0 Å². The van der Waals surface area contributed by atoms with Gasteiger partial charge >= 0.3 is 0 Å². The summed E-state index contributed by atoms with van der Waals surface area (Å²) in [5.74, 6) is -0.793. The first-order chi connectivity index (χ1) is 11.7. The molecule has 0 aliphatic carbocycles. The molecule has 2 aromatic carbocycles. The highest BCUT2D eigenvalue weighted by Crippen LogP contribution is 2.27. The van der Waals surface area contributed by atoms with Crippen LogP contribution in [0.25, 0.3) is 0 Å². The van der Waals surface area contributed by atoms with E-state index in [1.54, 1.807) is 0 Å². The normalized spacial score (nSPS) is 15.4. The van der Waals surface area contributed by atoms with Crippen molar-refractivity contribution in [3.8, 4) is 11.5 Å². The van der Waals surface area contributed by atoms with E-state index in [9.17, 15) is 8.78 Å². The predicted molar refractivity (Wildman–Crippen MR) is 88.5 cm³/mol. The summed E-state index contributed by atoms with van der Waals surface area (Å²) in [5, 5.41) is 0. The molecule has 0 aromatic heterocycles. The number of rotatable bonds is 6. The molecule has 0 radical (unpaired) electrons. The van der Waals surface area contributed by atoms with Gasteiger partial charge in [0.25, 0.3) is 0 Å². The summed E-state index contributed by atoms with van der Waals surface area (Å²) < 4.78 is 37.4. The molecule has 1 saturated heterocycles. The van der Waals surface area contributed by atoms with Gasteiger partial charge in [0.05, 0.1) is 13.2 Å². The number of halogens is 2. The van der Waals surface area contributed by atoms with Crippen LogP contribution >= 0.6 is 0 Å². The number of hydrogen-bond acceptors (Lipinski definition) is 3. The van der Waals surface area contributed by atoms with Crippen molar-refractivity contribution < 1.29 is 18.3 Å². The van der Waals surface area contributed by atoms with Crippen molar-refractivity contribution >= 4 is 0 Å². The van der Waals surface area contributed by atoms with Gasteiger partial charge in [-0.05, 0) is 43.1 Å². The summed E-state index contributed by atoms with van der Waals surface area (Å²) in [6, 6.07) is 11.3. The van der Waals surface area contributed by atoms with E-state index in [0.29, 0.717) is 11.5 Å². The molecule has 0 spiro atoms. The van der Waals surface area contributed by atoms with Crippen LogP contribution in [-0.2, 0) is 11.2 Å². The van der Waals surface area contributed by atoms with Gasteiger partial charge in [0.15, 0.2) is 11.6 Å². The molecule has 0 amide bonds. The van der Waals surface area contributed by atoms with Crippen LogP contribution < -0.4 is 4.74 Å². The van der Waals surface area contributed by atoms with E-state index in [0.717, 1.165) is 63.4 Å². The lowest BCUT2D eigenvalue weighted by Crippen LogP contribution is -2.36. The average Bonchev–Trinajstić information content (AvgIpc) is 2.61. The van der Waals surface area contributed by atoms with Gasteiger partial charge in [0, 0.05) is 19.2 Å².